The number of carbonyl (C=O) groups is 1. The first kappa shape index (κ1) is 25.4. The number of hydrogen-bond acceptors (Lipinski definition) is 7. The summed E-state index contributed by atoms with van der Waals surface area (Å²) in [6.45, 7) is -3.15. The molecular weight excluding hydrogens is 538 g/mol. The normalized spacial score (nSPS) is 15.1. The summed E-state index contributed by atoms with van der Waals surface area (Å²) in [5.74, 6) is -0.767. The van der Waals surface area contributed by atoms with Crippen LogP contribution >= 0.6 is 0 Å². The fourth-order valence-corrected chi connectivity index (χ4v) is 4.76. The summed E-state index contributed by atoms with van der Waals surface area (Å²) < 4.78 is 69.8. The van der Waals surface area contributed by atoms with Crippen LogP contribution in [0.1, 0.15) is 22.5 Å². The van der Waals surface area contributed by atoms with Crippen molar-refractivity contribution in [3.63, 3.8) is 0 Å². The maximum absolute atomic E-state index is 14.4. The van der Waals surface area contributed by atoms with E-state index < -0.39 is 30.7 Å². The molecule has 1 atom stereocenters. The van der Waals surface area contributed by atoms with Gasteiger partial charge in [0.15, 0.2) is 0 Å². The quantitative estimate of drug-likeness (QED) is 0.293. The summed E-state index contributed by atoms with van der Waals surface area (Å²) in [6.07, 6.45) is 2.88. The Morgan fingerprint density at radius 3 is 2.73 bits per heavy atom. The molecule has 16 heteroatoms. The Morgan fingerprint density at radius 1 is 1.18 bits per heavy atom. The van der Waals surface area contributed by atoms with Gasteiger partial charge in [0.05, 0.1) is 41.2 Å². The van der Waals surface area contributed by atoms with Crippen molar-refractivity contribution in [2.45, 2.75) is 25.6 Å². The highest BCUT2D eigenvalue weighted by atomic mass is 19.3. The van der Waals surface area contributed by atoms with E-state index in [0.29, 0.717) is 16.6 Å². The first-order valence-corrected chi connectivity index (χ1v) is 12.0. The highest BCUT2D eigenvalue weighted by molar-refractivity contribution is 6.04. The molecule has 5 aromatic heterocycles. The van der Waals surface area contributed by atoms with Gasteiger partial charge in [-0.05, 0) is 12.1 Å². The van der Waals surface area contributed by atoms with Crippen LogP contribution in [0.3, 0.4) is 0 Å². The van der Waals surface area contributed by atoms with Crippen LogP contribution in [0.15, 0.2) is 36.9 Å². The van der Waals surface area contributed by atoms with Crippen LogP contribution in [0, 0.1) is 0 Å². The Labute approximate surface area is 222 Å². The van der Waals surface area contributed by atoms with E-state index in [0.717, 1.165) is 0 Å². The van der Waals surface area contributed by atoms with Crippen LogP contribution in [0.4, 0.5) is 17.6 Å². The maximum Gasteiger partial charge on any atom is 0.388 e. The second-order valence-electron chi connectivity index (χ2n) is 9.11. The van der Waals surface area contributed by atoms with E-state index in [2.05, 4.69) is 35.3 Å². The monoisotopic (exact) mass is 559 g/mol. The molecule has 0 bridgehead atoms. The molecule has 0 radical (unpaired) electrons. The predicted molar refractivity (Wildman–Crippen MR) is 131 cm³/mol. The average Bonchev–Trinajstić information content (AvgIpc) is 3.66. The maximum atomic E-state index is 14.4. The van der Waals surface area contributed by atoms with Gasteiger partial charge >= 0.3 is 6.61 Å². The molecule has 6 rings (SSSR count). The fraction of sp³-hybridized carbons (Fsp3) is 0.292. The summed E-state index contributed by atoms with van der Waals surface area (Å²) in [7, 11) is 3.19. The highest BCUT2D eigenvalue weighted by Gasteiger charge is 2.35. The SMILES string of the molecule is Cn1cc(C(=O)N[C@@H]2COc3c(-c4[nH]c5ncccc5c4-c4cn(C)nc4OC(F)F)c(C(F)F)nn3C2)cn1. The smallest absolute Gasteiger partial charge is 0.388 e. The van der Waals surface area contributed by atoms with Crippen LogP contribution in [0.25, 0.3) is 33.4 Å². The minimum Gasteiger partial charge on any atom is -0.475 e. The van der Waals surface area contributed by atoms with Gasteiger partial charge in [-0.3, -0.25) is 14.2 Å². The number of nitrogens with one attached hydrogen (secondary N) is 2. The summed E-state index contributed by atoms with van der Waals surface area (Å²) in [4.78, 5) is 19.9. The zero-order valence-electron chi connectivity index (χ0n) is 21.0. The van der Waals surface area contributed by atoms with E-state index in [-0.39, 0.29) is 47.3 Å². The van der Waals surface area contributed by atoms with E-state index in [1.165, 1.54) is 39.7 Å². The Balaban J connectivity index is 1.45. The molecule has 5 aromatic rings. The molecule has 0 aliphatic carbocycles. The molecule has 0 saturated heterocycles. The van der Waals surface area contributed by atoms with Gasteiger partial charge in [0.2, 0.25) is 11.8 Å². The summed E-state index contributed by atoms with van der Waals surface area (Å²) in [6, 6.07) is 2.72. The van der Waals surface area contributed by atoms with Gasteiger partial charge in [0, 0.05) is 43.6 Å². The molecule has 40 heavy (non-hydrogen) atoms. The minimum absolute atomic E-state index is 0.0233. The Hall–Kier alpha value is -4.89. The first-order chi connectivity index (χ1) is 19.2. The summed E-state index contributed by atoms with van der Waals surface area (Å²) in [5.41, 5.74) is 0.507. The fourth-order valence-electron chi connectivity index (χ4n) is 4.76. The lowest BCUT2D eigenvalue weighted by Crippen LogP contribution is -2.44. The predicted octanol–water partition coefficient (Wildman–Crippen LogP) is 3.29. The zero-order valence-corrected chi connectivity index (χ0v) is 21.0. The lowest BCUT2D eigenvalue weighted by molar-refractivity contribution is -0.0527. The zero-order chi connectivity index (χ0) is 28.1. The van der Waals surface area contributed by atoms with Crippen molar-refractivity contribution in [1.29, 1.82) is 0 Å². The molecule has 1 aliphatic rings. The molecule has 2 N–H and O–H groups in total. The molecule has 0 unspecified atom stereocenters. The van der Waals surface area contributed by atoms with Crippen molar-refractivity contribution in [3.05, 3.63) is 48.2 Å². The molecule has 6 heterocycles. The van der Waals surface area contributed by atoms with Crippen molar-refractivity contribution in [1.82, 2.24) is 44.6 Å². The highest BCUT2D eigenvalue weighted by Crippen LogP contribution is 2.47. The Kier molecular flexibility index (Phi) is 6.15. The number of carbonyl (C=O) groups excluding carboxylic acids is 1. The lowest BCUT2D eigenvalue weighted by Gasteiger charge is -2.25. The van der Waals surface area contributed by atoms with E-state index in [1.807, 2.05) is 0 Å². The molecule has 0 fully saturated rings. The van der Waals surface area contributed by atoms with Gasteiger partial charge in [-0.1, -0.05) is 0 Å². The van der Waals surface area contributed by atoms with Gasteiger partial charge in [-0.2, -0.15) is 19.0 Å². The van der Waals surface area contributed by atoms with Crippen LogP contribution in [0.5, 0.6) is 11.8 Å². The van der Waals surface area contributed by atoms with Crippen molar-refractivity contribution < 1.29 is 31.8 Å². The number of alkyl halides is 4. The summed E-state index contributed by atoms with van der Waals surface area (Å²) in [5, 5.41) is 15.3. The topological polar surface area (TPSA) is 130 Å². The number of pyridine rings is 1. The Morgan fingerprint density at radius 2 is 2.00 bits per heavy atom. The van der Waals surface area contributed by atoms with E-state index in [9.17, 15) is 22.4 Å². The molecule has 208 valence electrons. The molecule has 0 spiro atoms. The third-order valence-corrected chi connectivity index (χ3v) is 6.34. The van der Waals surface area contributed by atoms with Gasteiger partial charge in [0.1, 0.15) is 17.9 Å². The molecule has 1 aliphatic heterocycles. The third kappa shape index (κ3) is 4.40. The van der Waals surface area contributed by atoms with Crippen molar-refractivity contribution >= 4 is 16.9 Å². The number of aromatic nitrogens is 8. The number of fused-ring (bicyclic) bond motifs is 2. The lowest BCUT2D eigenvalue weighted by atomic mass is 10.0. The number of amides is 1. The van der Waals surface area contributed by atoms with Gasteiger partial charge in [-0.25, -0.2) is 18.4 Å². The number of nitrogens with zero attached hydrogens (tertiary/aromatic N) is 7. The number of halogens is 4. The number of rotatable bonds is 7. The van der Waals surface area contributed by atoms with Crippen molar-refractivity contribution in [3.8, 4) is 34.1 Å². The van der Waals surface area contributed by atoms with Crippen LogP contribution in [0.2, 0.25) is 0 Å². The van der Waals surface area contributed by atoms with Crippen molar-refractivity contribution in [2.24, 2.45) is 14.1 Å². The summed E-state index contributed by atoms with van der Waals surface area (Å²) >= 11 is 0. The molecule has 12 nitrogen and oxygen atoms in total. The van der Waals surface area contributed by atoms with E-state index >= 15 is 0 Å². The minimum atomic E-state index is -3.16. The van der Waals surface area contributed by atoms with Crippen LogP contribution in [-0.2, 0) is 20.6 Å². The molecular formula is C24H21F4N9O3. The van der Waals surface area contributed by atoms with Gasteiger partial charge in [0.25, 0.3) is 12.3 Å². The largest absolute Gasteiger partial charge is 0.475 e. The molecule has 1 amide bonds. The van der Waals surface area contributed by atoms with Crippen LogP contribution in [-0.4, -0.2) is 64.5 Å². The molecule has 0 saturated carbocycles. The number of aromatic amines is 1. The standard InChI is InChI=1S/C24H21F4N9O3/c1-35-7-11(6-30-35)21(38)31-12-8-37-23(39-10-12)16(18(33-37)19(25)26)17-15(13-4-3-5-29-20(13)32-17)14-9-36(2)34-22(14)40-24(27)28/h3-7,9,12,19,24H,8,10H2,1-2H3,(H,29,32)(H,31,38)/t12-/m0/s1. The number of ether oxygens (including phenoxy) is 2. The van der Waals surface area contributed by atoms with Gasteiger partial charge < -0.3 is 19.8 Å². The first-order valence-electron chi connectivity index (χ1n) is 12.0. The number of hydrogen-bond donors (Lipinski definition) is 2. The third-order valence-electron chi connectivity index (χ3n) is 6.34. The average molecular weight is 559 g/mol. The molecule has 0 aromatic carbocycles. The number of H-pyrrole nitrogens is 1. The second kappa shape index (κ2) is 9.69. The second-order valence-corrected chi connectivity index (χ2v) is 9.11. The van der Waals surface area contributed by atoms with E-state index in [4.69, 9.17) is 4.74 Å². The Bertz CT molecular complexity index is 1720. The van der Waals surface area contributed by atoms with E-state index in [1.54, 1.807) is 25.4 Å². The van der Waals surface area contributed by atoms with Crippen LogP contribution < -0.4 is 14.8 Å². The van der Waals surface area contributed by atoms with Crippen molar-refractivity contribution in [2.75, 3.05) is 6.61 Å². The number of aryl methyl sites for hydroxylation is 2. The van der Waals surface area contributed by atoms with Gasteiger partial charge in [-0.15, -0.1) is 5.10 Å².